The molecule has 0 fully saturated rings. The predicted molar refractivity (Wildman–Crippen MR) is 96.8 cm³/mol. The van der Waals surface area contributed by atoms with E-state index >= 15 is 0 Å². The van der Waals surface area contributed by atoms with Gasteiger partial charge in [-0.05, 0) is 24.3 Å². The fourth-order valence-electron chi connectivity index (χ4n) is 2.57. The number of carbonyl (C=O) groups is 1. The lowest BCUT2D eigenvalue weighted by Crippen LogP contribution is -2.75. The van der Waals surface area contributed by atoms with Gasteiger partial charge in [0.1, 0.15) is 5.82 Å². The van der Waals surface area contributed by atoms with E-state index in [0.29, 0.717) is 5.32 Å². The van der Waals surface area contributed by atoms with Crippen LogP contribution in [0.1, 0.15) is 0 Å². The molecule has 2 rings (SSSR count). The fourth-order valence-corrected chi connectivity index (χ4v) is 3.28. The van der Waals surface area contributed by atoms with Gasteiger partial charge in [-0.25, -0.2) is 9.37 Å². The summed E-state index contributed by atoms with van der Waals surface area (Å²) in [5.41, 5.74) is -0.347. The van der Waals surface area contributed by atoms with Crippen LogP contribution in [0.25, 0.3) is 11.3 Å². The molecule has 0 radical (unpaired) electrons. The first-order chi connectivity index (χ1) is 17.6. The summed E-state index contributed by atoms with van der Waals surface area (Å²) in [4.78, 5) is 14.9. The maximum atomic E-state index is 14.0. The van der Waals surface area contributed by atoms with Crippen LogP contribution in [0, 0.1) is 5.82 Å². The van der Waals surface area contributed by atoms with Crippen molar-refractivity contribution in [2.45, 2.75) is 47.6 Å². The summed E-state index contributed by atoms with van der Waals surface area (Å²) in [5.74, 6) is -63.0. The van der Waals surface area contributed by atoms with Gasteiger partial charge in [-0.15, -0.1) is 11.3 Å². The van der Waals surface area contributed by atoms with Gasteiger partial charge in [-0.2, -0.15) is 74.6 Å². The standard InChI is InChI=1S/C18H6F18N2OS/c19-7-3-1-6(2-4-7)8-5-40-10(37-8)38-9(39)11(20,21)12(22,23)13(24,25)14(26,27)15(28,29)16(30,31)17(32,33)18(34,35)36/h1-5H,(H,37,38,39). The van der Waals surface area contributed by atoms with E-state index in [1.54, 1.807) is 0 Å². The highest BCUT2D eigenvalue weighted by atomic mass is 32.1. The number of thiazole rings is 1. The van der Waals surface area contributed by atoms with Crippen LogP contribution in [0.3, 0.4) is 0 Å². The summed E-state index contributed by atoms with van der Waals surface area (Å²) < 4.78 is 239. The number of nitrogens with one attached hydrogen (secondary N) is 1. The van der Waals surface area contributed by atoms with E-state index in [1.165, 1.54) is 0 Å². The van der Waals surface area contributed by atoms with Gasteiger partial charge in [0, 0.05) is 10.9 Å². The third-order valence-corrected chi connectivity index (χ3v) is 5.63. The van der Waals surface area contributed by atoms with Crippen LogP contribution in [0.5, 0.6) is 0 Å². The molecule has 0 aliphatic heterocycles. The smallest absolute Gasteiger partial charge is 0.296 e. The highest BCUT2D eigenvalue weighted by Gasteiger charge is 2.95. The monoisotopic (exact) mass is 640 g/mol. The molecule has 22 heteroatoms. The average molecular weight is 640 g/mol. The second kappa shape index (κ2) is 9.57. The molecule has 3 nitrogen and oxygen atoms in total. The molecule has 0 unspecified atom stereocenters. The number of hydrogen-bond donors (Lipinski definition) is 1. The Hall–Kier alpha value is -2.94. The molecule has 40 heavy (non-hydrogen) atoms. The van der Waals surface area contributed by atoms with Crippen molar-refractivity contribution in [3.63, 3.8) is 0 Å². The Bertz CT molecular complexity index is 1230. The van der Waals surface area contributed by atoms with Gasteiger partial charge in [0.25, 0.3) is 0 Å². The maximum Gasteiger partial charge on any atom is 0.460 e. The topological polar surface area (TPSA) is 42.0 Å². The first-order valence-electron chi connectivity index (χ1n) is 9.35. The highest BCUT2D eigenvalue weighted by Crippen LogP contribution is 2.64. The molecule has 0 saturated heterocycles. The summed E-state index contributed by atoms with van der Waals surface area (Å²) >= 11 is 0.0696. The molecule has 0 aliphatic carbocycles. The molecule has 1 aromatic carbocycles. The highest BCUT2D eigenvalue weighted by molar-refractivity contribution is 7.14. The number of benzene rings is 1. The Morgan fingerprint density at radius 1 is 0.625 bits per heavy atom. The zero-order valence-electron chi connectivity index (χ0n) is 18.0. The zero-order valence-corrected chi connectivity index (χ0v) is 18.8. The first kappa shape index (κ1) is 33.3. The molecule has 2 aromatic rings. The van der Waals surface area contributed by atoms with Gasteiger partial charge in [0.15, 0.2) is 5.13 Å². The largest absolute Gasteiger partial charge is 0.460 e. The first-order valence-corrected chi connectivity index (χ1v) is 10.2. The molecule has 226 valence electrons. The SMILES string of the molecule is O=C(Nc1nc(-c2ccc(F)cc2)cs1)C(F)(F)C(F)(F)C(F)(F)C(F)(F)C(F)(F)C(F)(F)C(F)(F)C(F)(F)F. The van der Waals surface area contributed by atoms with Gasteiger partial charge >= 0.3 is 53.5 Å². The lowest BCUT2D eigenvalue weighted by atomic mass is 9.89. The second-order valence-electron chi connectivity index (χ2n) is 7.52. The van der Waals surface area contributed by atoms with Crippen molar-refractivity contribution in [2.24, 2.45) is 0 Å². The number of nitrogens with zero attached hydrogens (tertiary/aromatic N) is 1. The van der Waals surface area contributed by atoms with Gasteiger partial charge in [-0.1, -0.05) is 0 Å². The molecular formula is C18H6F18N2OS. The fraction of sp³-hybridized carbons (Fsp3) is 0.444. The summed E-state index contributed by atoms with van der Waals surface area (Å²) in [6.07, 6.45) is -7.86. The molecule has 1 heterocycles. The van der Waals surface area contributed by atoms with E-state index in [1.807, 2.05) is 0 Å². The van der Waals surface area contributed by atoms with Crippen molar-refractivity contribution in [3.05, 3.63) is 35.5 Å². The van der Waals surface area contributed by atoms with Crippen molar-refractivity contribution in [1.29, 1.82) is 0 Å². The minimum absolute atomic E-state index is 0.0276. The van der Waals surface area contributed by atoms with Crippen molar-refractivity contribution in [1.82, 2.24) is 4.98 Å². The van der Waals surface area contributed by atoms with Crippen molar-refractivity contribution in [3.8, 4) is 11.3 Å². The predicted octanol–water partition coefficient (Wildman–Crippen LogP) is 7.90. The number of carbonyl (C=O) groups excluding carboxylic acids is 1. The average Bonchev–Trinajstić information content (AvgIpc) is 3.26. The Morgan fingerprint density at radius 3 is 1.45 bits per heavy atom. The van der Waals surface area contributed by atoms with Crippen LogP contribution in [0.2, 0.25) is 0 Å². The van der Waals surface area contributed by atoms with Crippen LogP contribution in [-0.4, -0.2) is 58.5 Å². The number of hydrogen-bond acceptors (Lipinski definition) is 3. The summed E-state index contributed by atoms with van der Waals surface area (Å²) in [6.45, 7) is 0. The molecule has 0 aliphatic rings. The van der Waals surface area contributed by atoms with E-state index in [0.717, 1.165) is 29.6 Å². The molecule has 1 amide bonds. The second-order valence-corrected chi connectivity index (χ2v) is 8.38. The number of aromatic nitrogens is 1. The minimum Gasteiger partial charge on any atom is -0.296 e. The van der Waals surface area contributed by atoms with E-state index in [-0.39, 0.29) is 22.6 Å². The van der Waals surface area contributed by atoms with Crippen LogP contribution < -0.4 is 5.32 Å². The van der Waals surface area contributed by atoms with E-state index in [9.17, 15) is 83.8 Å². The third-order valence-electron chi connectivity index (χ3n) is 4.87. The summed E-state index contributed by atoms with van der Waals surface area (Å²) in [7, 11) is 0. The summed E-state index contributed by atoms with van der Waals surface area (Å²) in [6, 6.07) is 3.65. The maximum absolute atomic E-state index is 14.0. The molecule has 0 bridgehead atoms. The van der Waals surface area contributed by atoms with E-state index in [4.69, 9.17) is 0 Å². The van der Waals surface area contributed by atoms with Gasteiger partial charge in [-0.3, -0.25) is 10.1 Å². The quantitative estimate of drug-likeness (QED) is 0.284. The molecule has 1 N–H and O–H groups in total. The molecular weight excluding hydrogens is 634 g/mol. The number of halogens is 18. The Kier molecular flexibility index (Phi) is 7.96. The lowest BCUT2D eigenvalue weighted by Gasteiger charge is -2.42. The van der Waals surface area contributed by atoms with Crippen LogP contribution in [0.15, 0.2) is 29.6 Å². The lowest BCUT2D eigenvalue weighted by molar-refractivity contribution is -0.459. The van der Waals surface area contributed by atoms with E-state index < -0.39 is 64.5 Å². The van der Waals surface area contributed by atoms with Gasteiger partial charge in [0.05, 0.1) is 5.69 Å². The zero-order chi connectivity index (χ0) is 31.5. The van der Waals surface area contributed by atoms with Gasteiger partial charge in [0.2, 0.25) is 0 Å². The van der Waals surface area contributed by atoms with Crippen molar-refractivity contribution in [2.75, 3.05) is 5.32 Å². The molecule has 0 saturated carbocycles. The summed E-state index contributed by atoms with van der Waals surface area (Å²) in [5, 5.41) is 0.377. The van der Waals surface area contributed by atoms with Crippen molar-refractivity contribution < 1.29 is 83.8 Å². The number of amides is 1. The van der Waals surface area contributed by atoms with Gasteiger partial charge < -0.3 is 0 Å². The van der Waals surface area contributed by atoms with Crippen LogP contribution >= 0.6 is 11.3 Å². The number of alkyl halides is 17. The van der Waals surface area contributed by atoms with Crippen LogP contribution in [0.4, 0.5) is 84.2 Å². The molecule has 0 spiro atoms. The Balaban J connectivity index is 2.46. The number of anilines is 1. The number of rotatable bonds is 9. The Morgan fingerprint density at radius 2 is 1.02 bits per heavy atom. The Labute approximate surface area is 211 Å². The molecule has 1 aromatic heterocycles. The van der Waals surface area contributed by atoms with Crippen molar-refractivity contribution >= 4 is 22.4 Å². The van der Waals surface area contributed by atoms with E-state index in [2.05, 4.69) is 4.98 Å². The van der Waals surface area contributed by atoms with Crippen LogP contribution in [-0.2, 0) is 4.79 Å². The molecule has 0 atom stereocenters. The normalized spacial score (nSPS) is 14.8. The third kappa shape index (κ3) is 4.70. The minimum atomic E-state index is -8.79.